The van der Waals surface area contributed by atoms with E-state index in [2.05, 4.69) is 15.3 Å². The fourth-order valence-electron chi connectivity index (χ4n) is 2.36. The third kappa shape index (κ3) is 6.16. The first-order valence-corrected chi connectivity index (χ1v) is 10.8. The lowest BCUT2D eigenvalue weighted by Gasteiger charge is -2.09. The van der Waals surface area contributed by atoms with E-state index in [9.17, 15) is 22.4 Å². The molecular formula is C19H14ClF4N3OS2. The first-order valence-electron chi connectivity index (χ1n) is 8.55. The second-order valence-corrected chi connectivity index (χ2v) is 8.38. The van der Waals surface area contributed by atoms with Crippen molar-refractivity contribution in [3.8, 4) is 10.6 Å². The largest absolute Gasteiger partial charge is 0.417 e. The van der Waals surface area contributed by atoms with Crippen LogP contribution in [-0.2, 0) is 17.4 Å². The molecule has 3 rings (SSSR count). The SMILES string of the molecule is O=C(Cc1csc(-c2ccc(F)cc2)n1)NCCSc1ncc(C(F)(F)F)cc1Cl. The number of benzene rings is 1. The molecule has 0 radical (unpaired) electrons. The van der Waals surface area contributed by atoms with Gasteiger partial charge in [0.15, 0.2) is 0 Å². The molecule has 1 N–H and O–H groups in total. The van der Waals surface area contributed by atoms with Crippen LogP contribution in [0.4, 0.5) is 17.6 Å². The van der Waals surface area contributed by atoms with Gasteiger partial charge in [0.2, 0.25) is 5.91 Å². The first kappa shape index (κ1) is 22.5. The van der Waals surface area contributed by atoms with E-state index in [1.807, 2.05) is 0 Å². The second kappa shape index (κ2) is 9.76. The monoisotopic (exact) mass is 475 g/mol. The van der Waals surface area contributed by atoms with Crippen LogP contribution in [0.3, 0.4) is 0 Å². The third-order valence-corrected chi connectivity index (χ3v) is 6.13. The van der Waals surface area contributed by atoms with Gasteiger partial charge in [-0.3, -0.25) is 4.79 Å². The number of hydrogen-bond donors (Lipinski definition) is 1. The molecule has 0 saturated heterocycles. The molecule has 2 heterocycles. The number of nitrogens with one attached hydrogen (secondary N) is 1. The molecule has 1 aromatic carbocycles. The van der Waals surface area contributed by atoms with E-state index in [-0.39, 0.29) is 34.7 Å². The number of carbonyl (C=O) groups excluding carboxylic acids is 1. The molecule has 0 aliphatic heterocycles. The predicted octanol–water partition coefficient (Wildman–Crippen LogP) is 5.47. The number of halogens is 5. The maximum absolute atomic E-state index is 13.0. The number of thiazole rings is 1. The summed E-state index contributed by atoms with van der Waals surface area (Å²) in [4.78, 5) is 20.2. The Hall–Kier alpha value is -2.17. The molecule has 2 aromatic heterocycles. The first-order chi connectivity index (χ1) is 14.2. The number of amides is 1. The number of alkyl halides is 3. The van der Waals surface area contributed by atoms with Gasteiger partial charge in [0, 0.05) is 29.4 Å². The molecule has 0 fully saturated rings. The van der Waals surface area contributed by atoms with Gasteiger partial charge in [-0.1, -0.05) is 11.6 Å². The van der Waals surface area contributed by atoms with Gasteiger partial charge in [-0.05, 0) is 30.3 Å². The van der Waals surface area contributed by atoms with Crippen molar-refractivity contribution in [2.75, 3.05) is 12.3 Å². The maximum Gasteiger partial charge on any atom is 0.417 e. The van der Waals surface area contributed by atoms with Crippen LogP contribution in [0.15, 0.2) is 46.9 Å². The Bertz CT molecular complexity index is 1030. The molecule has 0 aliphatic rings. The molecule has 0 spiro atoms. The van der Waals surface area contributed by atoms with Crippen molar-refractivity contribution in [1.82, 2.24) is 15.3 Å². The summed E-state index contributed by atoms with van der Waals surface area (Å²) in [5.41, 5.74) is 0.454. The van der Waals surface area contributed by atoms with Gasteiger partial charge < -0.3 is 5.32 Å². The van der Waals surface area contributed by atoms with Gasteiger partial charge in [-0.25, -0.2) is 14.4 Å². The van der Waals surface area contributed by atoms with Gasteiger partial charge in [0.05, 0.1) is 22.7 Å². The highest BCUT2D eigenvalue weighted by Gasteiger charge is 2.31. The lowest BCUT2D eigenvalue weighted by Crippen LogP contribution is -2.27. The standard InChI is InChI=1S/C19H14ClF4N3OS2/c20-15-7-12(19(22,23)24)9-26-18(15)29-6-5-25-16(28)8-14-10-30-17(27-14)11-1-3-13(21)4-2-11/h1-4,7,9-10H,5-6,8H2,(H,25,28). The Labute approximate surface area is 182 Å². The minimum absolute atomic E-state index is 0.0850. The molecule has 11 heteroatoms. The highest BCUT2D eigenvalue weighted by Crippen LogP contribution is 2.33. The van der Waals surface area contributed by atoms with Gasteiger partial charge in [0.25, 0.3) is 0 Å². The maximum atomic E-state index is 13.0. The molecule has 4 nitrogen and oxygen atoms in total. The number of carbonyl (C=O) groups is 1. The molecule has 0 atom stereocenters. The Kier molecular flexibility index (Phi) is 7.32. The van der Waals surface area contributed by atoms with Crippen molar-refractivity contribution in [3.05, 3.63) is 64.0 Å². The topological polar surface area (TPSA) is 54.9 Å². The molecule has 1 amide bonds. The van der Waals surface area contributed by atoms with Crippen molar-refractivity contribution >= 4 is 40.6 Å². The number of rotatable bonds is 7. The average Bonchev–Trinajstić information content (AvgIpc) is 3.14. The Morgan fingerprint density at radius 2 is 1.97 bits per heavy atom. The van der Waals surface area contributed by atoms with Crippen molar-refractivity contribution in [2.24, 2.45) is 0 Å². The van der Waals surface area contributed by atoms with Crippen LogP contribution < -0.4 is 5.32 Å². The van der Waals surface area contributed by atoms with Crippen molar-refractivity contribution in [1.29, 1.82) is 0 Å². The highest BCUT2D eigenvalue weighted by atomic mass is 35.5. The van der Waals surface area contributed by atoms with E-state index in [0.717, 1.165) is 29.6 Å². The molecule has 0 unspecified atom stereocenters. The highest BCUT2D eigenvalue weighted by molar-refractivity contribution is 7.99. The van der Waals surface area contributed by atoms with Crippen LogP contribution >= 0.6 is 34.7 Å². The predicted molar refractivity (Wildman–Crippen MR) is 109 cm³/mol. The lowest BCUT2D eigenvalue weighted by atomic mass is 10.2. The zero-order chi connectivity index (χ0) is 21.7. The summed E-state index contributed by atoms with van der Waals surface area (Å²) in [6, 6.07) is 6.76. The summed E-state index contributed by atoms with van der Waals surface area (Å²) in [6.07, 6.45) is -3.69. The van der Waals surface area contributed by atoms with Crippen LogP contribution in [0.2, 0.25) is 5.02 Å². The van der Waals surface area contributed by atoms with E-state index in [1.54, 1.807) is 17.5 Å². The molecule has 0 saturated carbocycles. The molecule has 0 aliphatic carbocycles. The summed E-state index contributed by atoms with van der Waals surface area (Å²) in [5.74, 6) is -0.180. The Balaban J connectivity index is 1.45. The molecular weight excluding hydrogens is 462 g/mol. The van der Waals surface area contributed by atoms with Crippen molar-refractivity contribution in [2.45, 2.75) is 17.6 Å². The van der Waals surface area contributed by atoms with Gasteiger partial charge >= 0.3 is 6.18 Å². The van der Waals surface area contributed by atoms with E-state index in [0.29, 0.717) is 16.5 Å². The van der Waals surface area contributed by atoms with Crippen LogP contribution in [0.1, 0.15) is 11.3 Å². The molecule has 30 heavy (non-hydrogen) atoms. The average molecular weight is 476 g/mol. The Morgan fingerprint density at radius 3 is 2.63 bits per heavy atom. The van der Waals surface area contributed by atoms with Crippen LogP contribution in [-0.4, -0.2) is 28.2 Å². The number of aromatic nitrogens is 2. The lowest BCUT2D eigenvalue weighted by molar-refractivity contribution is -0.137. The fourth-order valence-corrected chi connectivity index (χ4v) is 4.24. The number of thioether (sulfide) groups is 1. The number of pyridine rings is 1. The fraction of sp³-hybridized carbons (Fsp3) is 0.211. The molecule has 3 aromatic rings. The zero-order valence-corrected chi connectivity index (χ0v) is 17.6. The smallest absolute Gasteiger partial charge is 0.355 e. The van der Waals surface area contributed by atoms with Gasteiger partial charge in [0.1, 0.15) is 15.9 Å². The van der Waals surface area contributed by atoms with Crippen LogP contribution in [0, 0.1) is 5.82 Å². The molecule has 158 valence electrons. The van der Waals surface area contributed by atoms with E-state index >= 15 is 0 Å². The zero-order valence-electron chi connectivity index (χ0n) is 15.2. The summed E-state index contributed by atoms with van der Waals surface area (Å²) >= 11 is 8.35. The summed E-state index contributed by atoms with van der Waals surface area (Å²) < 4.78 is 50.8. The van der Waals surface area contributed by atoms with Gasteiger partial charge in [-0.15, -0.1) is 23.1 Å². The minimum atomic E-state index is -4.50. The summed E-state index contributed by atoms with van der Waals surface area (Å²) in [6.45, 7) is 0.289. The quantitative estimate of drug-likeness (QED) is 0.280. The number of hydrogen-bond acceptors (Lipinski definition) is 5. The minimum Gasteiger partial charge on any atom is -0.355 e. The van der Waals surface area contributed by atoms with E-state index in [1.165, 1.54) is 23.5 Å². The molecule has 0 bridgehead atoms. The van der Waals surface area contributed by atoms with Crippen molar-refractivity contribution in [3.63, 3.8) is 0 Å². The number of nitrogens with zero attached hydrogens (tertiary/aromatic N) is 2. The summed E-state index contributed by atoms with van der Waals surface area (Å²) in [7, 11) is 0. The van der Waals surface area contributed by atoms with E-state index < -0.39 is 11.7 Å². The van der Waals surface area contributed by atoms with Crippen LogP contribution in [0.25, 0.3) is 10.6 Å². The summed E-state index contributed by atoms with van der Waals surface area (Å²) in [5, 5.41) is 5.35. The second-order valence-electron chi connectivity index (χ2n) is 6.03. The Morgan fingerprint density at radius 1 is 1.23 bits per heavy atom. The van der Waals surface area contributed by atoms with E-state index in [4.69, 9.17) is 11.6 Å². The van der Waals surface area contributed by atoms with Gasteiger partial charge in [-0.2, -0.15) is 13.2 Å². The van der Waals surface area contributed by atoms with Crippen molar-refractivity contribution < 1.29 is 22.4 Å². The third-order valence-electron chi connectivity index (χ3n) is 3.78. The normalized spacial score (nSPS) is 11.5. The van der Waals surface area contributed by atoms with Crippen LogP contribution in [0.5, 0.6) is 0 Å².